The number of halogens is 1. The molecule has 0 spiro atoms. The zero-order valence-electron chi connectivity index (χ0n) is 13.5. The zero-order chi connectivity index (χ0) is 16.1. The van der Waals surface area contributed by atoms with Gasteiger partial charge in [0.15, 0.2) is 11.6 Å². The van der Waals surface area contributed by atoms with Crippen LogP contribution in [0, 0.1) is 11.7 Å². The molecule has 1 aliphatic rings. The van der Waals surface area contributed by atoms with Gasteiger partial charge >= 0.3 is 0 Å². The number of anilines is 1. The molecule has 5 heteroatoms. The summed E-state index contributed by atoms with van der Waals surface area (Å²) in [6.45, 7) is 3.64. The van der Waals surface area contributed by atoms with Gasteiger partial charge in [0.25, 0.3) is 0 Å². The van der Waals surface area contributed by atoms with Crippen molar-refractivity contribution in [2.75, 3.05) is 31.6 Å². The number of nitrogens with zero attached hydrogens (tertiary/aromatic N) is 4. The van der Waals surface area contributed by atoms with E-state index in [1.54, 1.807) is 18.5 Å². The van der Waals surface area contributed by atoms with Crippen molar-refractivity contribution < 1.29 is 4.39 Å². The van der Waals surface area contributed by atoms with E-state index in [-0.39, 0.29) is 5.82 Å². The molecule has 3 heterocycles. The lowest BCUT2D eigenvalue weighted by molar-refractivity contribution is 0.247. The molecule has 0 radical (unpaired) electrons. The standard InChI is InChI=1S/C18H23FN4/c1-22(12-15-5-2-8-20-11-15)13-16-6-4-10-23(14-16)18-17(19)7-3-9-21-18/h2-3,5,7-9,11,16H,4,6,10,12-14H2,1H3/t16-/m0/s1. The molecule has 0 unspecified atom stereocenters. The summed E-state index contributed by atoms with van der Waals surface area (Å²) in [5.41, 5.74) is 1.22. The predicted molar refractivity (Wildman–Crippen MR) is 89.7 cm³/mol. The molecule has 0 amide bonds. The lowest BCUT2D eigenvalue weighted by Crippen LogP contribution is -2.40. The number of piperidine rings is 1. The van der Waals surface area contributed by atoms with Gasteiger partial charge in [-0.1, -0.05) is 6.07 Å². The fraction of sp³-hybridized carbons (Fsp3) is 0.444. The van der Waals surface area contributed by atoms with Crippen LogP contribution in [0.15, 0.2) is 42.9 Å². The molecular formula is C18H23FN4. The highest BCUT2D eigenvalue weighted by molar-refractivity contribution is 5.40. The molecule has 1 atom stereocenters. The minimum absolute atomic E-state index is 0.225. The average molecular weight is 314 g/mol. The van der Waals surface area contributed by atoms with Crippen LogP contribution in [0.2, 0.25) is 0 Å². The second-order valence-corrected chi connectivity index (χ2v) is 6.32. The van der Waals surface area contributed by atoms with Crippen LogP contribution in [0.5, 0.6) is 0 Å². The molecule has 1 saturated heterocycles. The van der Waals surface area contributed by atoms with Crippen molar-refractivity contribution in [1.29, 1.82) is 0 Å². The van der Waals surface area contributed by atoms with Crippen LogP contribution < -0.4 is 4.90 Å². The molecule has 3 rings (SSSR count). The van der Waals surface area contributed by atoms with Gasteiger partial charge in [0.2, 0.25) is 0 Å². The minimum Gasteiger partial charge on any atom is -0.354 e. The quantitative estimate of drug-likeness (QED) is 0.849. The summed E-state index contributed by atoms with van der Waals surface area (Å²) >= 11 is 0. The number of hydrogen-bond donors (Lipinski definition) is 0. The lowest BCUT2D eigenvalue weighted by Gasteiger charge is -2.35. The van der Waals surface area contributed by atoms with Crippen LogP contribution >= 0.6 is 0 Å². The van der Waals surface area contributed by atoms with Gasteiger partial charge in [0, 0.05) is 44.8 Å². The molecule has 1 fully saturated rings. The van der Waals surface area contributed by atoms with E-state index in [1.165, 1.54) is 18.1 Å². The fourth-order valence-electron chi connectivity index (χ4n) is 3.33. The van der Waals surface area contributed by atoms with Crippen LogP contribution in [-0.2, 0) is 6.54 Å². The third kappa shape index (κ3) is 4.26. The predicted octanol–water partition coefficient (Wildman–Crippen LogP) is 2.96. The van der Waals surface area contributed by atoms with E-state index >= 15 is 0 Å². The van der Waals surface area contributed by atoms with Crippen LogP contribution in [-0.4, -0.2) is 41.5 Å². The molecule has 2 aromatic rings. The van der Waals surface area contributed by atoms with Gasteiger partial charge in [0.1, 0.15) is 0 Å². The molecule has 0 aliphatic carbocycles. The molecule has 122 valence electrons. The van der Waals surface area contributed by atoms with Crippen molar-refractivity contribution in [1.82, 2.24) is 14.9 Å². The molecular weight excluding hydrogens is 291 g/mol. The van der Waals surface area contributed by atoms with E-state index in [9.17, 15) is 4.39 Å². The third-order valence-electron chi connectivity index (χ3n) is 4.30. The van der Waals surface area contributed by atoms with Gasteiger partial charge in [-0.15, -0.1) is 0 Å². The van der Waals surface area contributed by atoms with Crippen molar-refractivity contribution in [2.24, 2.45) is 5.92 Å². The van der Waals surface area contributed by atoms with Crippen molar-refractivity contribution >= 4 is 5.82 Å². The van der Waals surface area contributed by atoms with Gasteiger partial charge in [-0.3, -0.25) is 4.98 Å². The molecule has 0 aromatic carbocycles. The van der Waals surface area contributed by atoms with Crippen LogP contribution in [0.3, 0.4) is 0 Å². The Morgan fingerprint density at radius 2 is 2.17 bits per heavy atom. The molecule has 0 N–H and O–H groups in total. The first-order valence-corrected chi connectivity index (χ1v) is 8.15. The highest BCUT2D eigenvalue weighted by atomic mass is 19.1. The average Bonchev–Trinajstić information content (AvgIpc) is 2.56. The van der Waals surface area contributed by atoms with E-state index in [0.717, 1.165) is 32.6 Å². The Kier molecular flexibility index (Phi) is 5.18. The first-order chi connectivity index (χ1) is 11.2. The molecule has 2 aromatic heterocycles. The maximum Gasteiger partial charge on any atom is 0.165 e. The summed E-state index contributed by atoms with van der Waals surface area (Å²) in [6.07, 6.45) is 7.64. The molecule has 0 bridgehead atoms. The maximum absolute atomic E-state index is 13.9. The molecule has 0 saturated carbocycles. The normalized spacial score (nSPS) is 18.4. The zero-order valence-corrected chi connectivity index (χ0v) is 13.5. The van der Waals surface area contributed by atoms with Crippen molar-refractivity contribution in [3.05, 3.63) is 54.2 Å². The first kappa shape index (κ1) is 15.9. The monoisotopic (exact) mass is 314 g/mol. The molecule has 1 aliphatic heterocycles. The first-order valence-electron chi connectivity index (χ1n) is 8.15. The van der Waals surface area contributed by atoms with Gasteiger partial charge in [-0.25, -0.2) is 9.37 Å². The topological polar surface area (TPSA) is 32.3 Å². The Morgan fingerprint density at radius 3 is 2.96 bits per heavy atom. The summed E-state index contributed by atoms with van der Waals surface area (Å²) in [5, 5.41) is 0. The number of hydrogen-bond acceptors (Lipinski definition) is 4. The van der Waals surface area contributed by atoms with E-state index in [4.69, 9.17) is 0 Å². The summed E-state index contributed by atoms with van der Waals surface area (Å²) in [7, 11) is 2.13. The smallest absolute Gasteiger partial charge is 0.165 e. The van der Waals surface area contributed by atoms with Gasteiger partial charge in [0.05, 0.1) is 0 Å². The Hall–Kier alpha value is -2.01. The summed E-state index contributed by atoms with van der Waals surface area (Å²) in [4.78, 5) is 12.8. The van der Waals surface area contributed by atoms with E-state index < -0.39 is 0 Å². The highest BCUT2D eigenvalue weighted by Gasteiger charge is 2.23. The molecule has 23 heavy (non-hydrogen) atoms. The van der Waals surface area contributed by atoms with Crippen LogP contribution in [0.1, 0.15) is 18.4 Å². The third-order valence-corrected chi connectivity index (χ3v) is 4.30. The van der Waals surface area contributed by atoms with Gasteiger partial charge < -0.3 is 9.80 Å². The Balaban J connectivity index is 1.57. The summed E-state index contributed by atoms with van der Waals surface area (Å²) in [6, 6.07) is 7.19. The highest BCUT2D eigenvalue weighted by Crippen LogP contribution is 2.24. The van der Waals surface area contributed by atoms with Crippen LogP contribution in [0.25, 0.3) is 0 Å². The Bertz CT molecular complexity index is 619. The number of aromatic nitrogens is 2. The van der Waals surface area contributed by atoms with Gasteiger partial charge in [-0.05, 0) is 49.6 Å². The fourth-order valence-corrected chi connectivity index (χ4v) is 3.33. The molecule has 4 nitrogen and oxygen atoms in total. The van der Waals surface area contributed by atoms with Crippen molar-refractivity contribution in [3.8, 4) is 0 Å². The van der Waals surface area contributed by atoms with Crippen LogP contribution in [0.4, 0.5) is 10.2 Å². The number of rotatable bonds is 5. The minimum atomic E-state index is -0.225. The van der Waals surface area contributed by atoms with E-state index in [2.05, 4.69) is 32.9 Å². The SMILES string of the molecule is CN(Cc1cccnc1)C[C@@H]1CCCN(c2ncccc2F)C1. The summed E-state index contributed by atoms with van der Waals surface area (Å²) < 4.78 is 13.9. The van der Waals surface area contributed by atoms with E-state index in [1.807, 2.05) is 12.3 Å². The second-order valence-electron chi connectivity index (χ2n) is 6.32. The second kappa shape index (κ2) is 7.51. The Labute approximate surface area is 137 Å². The van der Waals surface area contributed by atoms with Crippen molar-refractivity contribution in [2.45, 2.75) is 19.4 Å². The van der Waals surface area contributed by atoms with Gasteiger partial charge in [-0.2, -0.15) is 0 Å². The summed E-state index contributed by atoms with van der Waals surface area (Å²) in [5.74, 6) is 0.802. The van der Waals surface area contributed by atoms with Crippen molar-refractivity contribution in [3.63, 3.8) is 0 Å². The Morgan fingerprint density at radius 1 is 1.30 bits per heavy atom. The largest absolute Gasteiger partial charge is 0.354 e. The van der Waals surface area contributed by atoms with E-state index in [0.29, 0.717) is 11.7 Å². The lowest BCUT2D eigenvalue weighted by atomic mass is 9.97. The maximum atomic E-state index is 13.9. The number of pyridine rings is 2.